The molecule has 1 atom stereocenters. The minimum absolute atomic E-state index is 0.00988. The number of hydrogen-bond acceptors (Lipinski definition) is 6. The highest BCUT2D eigenvalue weighted by molar-refractivity contribution is 7.81. The molecule has 0 saturated heterocycles. The average molecular weight is 479 g/mol. The Labute approximate surface area is 196 Å². The predicted octanol–water partition coefficient (Wildman–Crippen LogP) is 6.23. The molecule has 0 aromatic carbocycles. The lowest BCUT2D eigenvalue weighted by molar-refractivity contribution is -0.133. The number of rotatable bonds is 13. The smallest absolute Gasteiger partial charge is 0.446 e. The van der Waals surface area contributed by atoms with Crippen molar-refractivity contribution in [3.05, 3.63) is 70.6 Å². The van der Waals surface area contributed by atoms with E-state index in [1.807, 2.05) is 13.0 Å². The highest BCUT2D eigenvalue weighted by Crippen LogP contribution is 2.30. The summed E-state index contributed by atoms with van der Waals surface area (Å²) < 4.78 is 45.7. The van der Waals surface area contributed by atoms with Crippen LogP contribution in [-0.4, -0.2) is 18.9 Å². The molecule has 33 heavy (non-hydrogen) atoms. The number of carbonyl (C=O) groups excluding carboxylic acids is 1. The van der Waals surface area contributed by atoms with E-state index in [1.54, 1.807) is 18.6 Å². The standard InChI is InChI=1S/C25H34O7S/c1-18(8-5-9-19(2)11-7-13-22-14-15-30-17-22)10-6-12-20(3)16-23-24(32-33(27,28)29)21(4)25(26)31-23/h8,11,14-17,20H,5-7,9-10,12-13H2,1-4H3,(H,27,28,29)/b18-8+,19-11+,23-16-/t20-/m1/s1. The molecule has 1 aliphatic rings. The van der Waals surface area contributed by atoms with E-state index in [-0.39, 0.29) is 23.0 Å². The Kier molecular flexibility index (Phi) is 10.2. The summed E-state index contributed by atoms with van der Waals surface area (Å²) in [7, 11) is -4.74. The van der Waals surface area contributed by atoms with Gasteiger partial charge in [0.1, 0.15) is 0 Å². The average Bonchev–Trinajstić information content (AvgIpc) is 3.31. The number of aryl methyl sites for hydroxylation is 1. The van der Waals surface area contributed by atoms with Gasteiger partial charge in [-0.2, -0.15) is 8.42 Å². The summed E-state index contributed by atoms with van der Waals surface area (Å²) in [5.41, 5.74) is 3.95. The number of furan rings is 1. The molecule has 2 rings (SSSR count). The van der Waals surface area contributed by atoms with Gasteiger partial charge >= 0.3 is 16.4 Å². The predicted molar refractivity (Wildman–Crippen MR) is 126 cm³/mol. The lowest BCUT2D eigenvalue weighted by Gasteiger charge is -2.10. The lowest BCUT2D eigenvalue weighted by atomic mass is 9.99. The van der Waals surface area contributed by atoms with Crippen molar-refractivity contribution in [3.8, 4) is 0 Å². The van der Waals surface area contributed by atoms with E-state index >= 15 is 0 Å². The van der Waals surface area contributed by atoms with Gasteiger partial charge in [0.25, 0.3) is 0 Å². The van der Waals surface area contributed by atoms with Gasteiger partial charge in [-0.15, -0.1) is 0 Å². The Morgan fingerprint density at radius 2 is 1.88 bits per heavy atom. The molecular weight excluding hydrogens is 444 g/mol. The van der Waals surface area contributed by atoms with Crippen LogP contribution in [0, 0.1) is 5.92 Å². The van der Waals surface area contributed by atoms with Crippen LogP contribution in [0.25, 0.3) is 0 Å². The van der Waals surface area contributed by atoms with Gasteiger partial charge in [0.2, 0.25) is 0 Å². The van der Waals surface area contributed by atoms with Crippen molar-refractivity contribution < 1.29 is 31.1 Å². The second kappa shape index (κ2) is 12.6. The first-order valence-electron chi connectivity index (χ1n) is 11.2. The fraction of sp³-hybridized carbons (Fsp3) is 0.480. The molecular formula is C25H34O7S. The summed E-state index contributed by atoms with van der Waals surface area (Å²) in [5, 5.41) is 0. The maximum atomic E-state index is 11.7. The van der Waals surface area contributed by atoms with Crippen molar-refractivity contribution in [1.82, 2.24) is 0 Å². The van der Waals surface area contributed by atoms with Gasteiger partial charge < -0.3 is 13.3 Å². The van der Waals surface area contributed by atoms with Crippen molar-refractivity contribution in [2.75, 3.05) is 0 Å². The van der Waals surface area contributed by atoms with E-state index in [4.69, 9.17) is 13.7 Å². The molecule has 8 heteroatoms. The highest BCUT2D eigenvalue weighted by Gasteiger charge is 2.31. The first-order chi connectivity index (χ1) is 15.5. The molecule has 0 unspecified atom stereocenters. The molecule has 0 spiro atoms. The second-order valence-electron chi connectivity index (χ2n) is 8.57. The van der Waals surface area contributed by atoms with Crippen molar-refractivity contribution in [2.45, 2.75) is 72.6 Å². The molecule has 1 aromatic heterocycles. The number of carbonyl (C=O) groups is 1. The minimum Gasteiger partial charge on any atom is -0.472 e. The Morgan fingerprint density at radius 1 is 1.18 bits per heavy atom. The quantitative estimate of drug-likeness (QED) is 0.204. The summed E-state index contributed by atoms with van der Waals surface area (Å²) in [6, 6.07) is 2.00. The van der Waals surface area contributed by atoms with E-state index in [2.05, 4.69) is 30.2 Å². The third-order valence-corrected chi connectivity index (χ3v) is 5.84. The van der Waals surface area contributed by atoms with Gasteiger partial charge in [-0.3, -0.25) is 4.55 Å². The third-order valence-electron chi connectivity index (χ3n) is 5.47. The molecule has 1 aromatic rings. The Bertz CT molecular complexity index is 1020. The zero-order chi connectivity index (χ0) is 24.4. The van der Waals surface area contributed by atoms with E-state index in [1.165, 1.54) is 23.6 Å². The monoisotopic (exact) mass is 478 g/mol. The van der Waals surface area contributed by atoms with Crippen LogP contribution in [-0.2, 0) is 30.5 Å². The van der Waals surface area contributed by atoms with Crippen LogP contribution >= 0.6 is 0 Å². The van der Waals surface area contributed by atoms with Gasteiger partial charge in [-0.05, 0) is 89.3 Å². The lowest BCUT2D eigenvalue weighted by Crippen LogP contribution is -2.05. The maximum absolute atomic E-state index is 11.7. The van der Waals surface area contributed by atoms with Gasteiger partial charge in [-0.25, -0.2) is 4.79 Å². The number of allylic oxidation sites excluding steroid dienone is 5. The zero-order valence-electron chi connectivity index (χ0n) is 19.8. The summed E-state index contributed by atoms with van der Waals surface area (Å²) in [6.45, 7) is 7.64. The van der Waals surface area contributed by atoms with Crippen molar-refractivity contribution in [3.63, 3.8) is 0 Å². The van der Waals surface area contributed by atoms with E-state index in [0.29, 0.717) is 0 Å². The molecule has 2 heterocycles. The summed E-state index contributed by atoms with van der Waals surface area (Å²) in [5.74, 6) is -0.868. The molecule has 0 bridgehead atoms. The number of ether oxygens (including phenoxy) is 1. The fourth-order valence-corrected chi connectivity index (χ4v) is 3.95. The highest BCUT2D eigenvalue weighted by atomic mass is 32.3. The second-order valence-corrected chi connectivity index (χ2v) is 9.59. The molecule has 0 saturated carbocycles. The number of hydrogen-bond donors (Lipinski definition) is 1. The first-order valence-corrected chi connectivity index (χ1v) is 12.6. The van der Waals surface area contributed by atoms with Crippen LogP contribution in [0.2, 0.25) is 0 Å². The molecule has 0 aliphatic carbocycles. The van der Waals surface area contributed by atoms with Gasteiger partial charge in [-0.1, -0.05) is 30.2 Å². The fourth-order valence-electron chi connectivity index (χ4n) is 3.53. The number of esters is 1. The van der Waals surface area contributed by atoms with Crippen LogP contribution in [0.4, 0.5) is 0 Å². The summed E-state index contributed by atoms with van der Waals surface area (Å²) >= 11 is 0. The molecule has 0 radical (unpaired) electrons. The van der Waals surface area contributed by atoms with Gasteiger partial charge in [0.15, 0.2) is 11.5 Å². The van der Waals surface area contributed by atoms with Gasteiger partial charge in [0.05, 0.1) is 18.1 Å². The van der Waals surface area contributed by atoms with Crippen molar-refractivity contribution >= 4 is 16.4 Å². The van der Waals surface area contributed by atoms with Crippen LogP contribution < -0.4 is 0 Å². The Balaban J connectivity index is 1.74. The molecule has 1 aliphatic heterocycles. The summed E-state index contributed by atoms with van der Waals surface area (Å²) in [6.07, 6.45) is 16.5. The van der Waals surface area contributed by atoms with E-state index < -0.39 is 16.4 Å². The Morgan fingerprint density at radius 3 is 2.55 bits per heavy atom. The van der Waals surface area contributed by atoms with E-state index in [0.717, 1.165) is 44.9 Å². The Hall–Kier alpha value is -2.58. The van der Waals surface area contributed by atoms with Crippen LogP contribution in [0.3, 0.4) is 0 Å². The van der Waals surface area contributed by atoms with Gasteiger partial charge in [0, 0.05) is 0 Å². The molecule has 0 amide bonds. The topological polar surface area (TPSA) is 103 Å². The molecule has 7 nitrogen and oxygen atoms in total. The van der Waals surface area contributed by atoms with Crippen molar-refractivity contribution in [2.24, 2.45) is 5.92 Å². The largest absolute Gasteiger partial charge is 0.472 e. The summed E-state index contributed by atoms with van der Waals surface area (Å²) in [4.78, 5) is 11.7. The minimum atomic E-state index is -4.74. The molecule has 1 N–H and O–H groups in total. The molecule has 0 fully saturated rings. The third kappa shape index (κ3) is 9.84. The van der Waals surface area contributed by atoms with Crippen LogP contribution in [0.5, 0.6) is 0 Å². The van der Waals surface area contributed by atoms with Crippen molar-refractivity contribution in [1.29, 1.82) is 0 Å². The number of cyclic esters (lactones) is 1. The normalized spacial score (nSPS) is 17.6. The van der Waals surface area contributed by atoms with E-state index in [9.17, 15) is 13.2 Å². The van der Waals surface area contributed by atoms with Crippen LogP contribution in [0.15, 0.2) is 69.5 Å². The molecule has 182 valence electrons. The SMILES string of the molecule is CC1=C(OS(=O)(=O)O)/C(=C/[C@H](C)CCC/C(C)=C/CC/C(C)=C/CCc2ccoc2)OC1=O. The van der Waals surface area contributed by atoms with Crippen LogP contribution in [0.1, 0.15) is 71.8 Å². The zero-order valence-corrected chi connectivity index (χ0v) is 20.6. The first kappa shape index (κ1) is 26.7. The maximum Gasteiger partial charge on any atom is 0.446 e.